The Balaban J connectivity index is 1.47. The molecular formula is C28H31NO3. The Kier molecular flexibility index (Phi) is 6.61. The van der Waals surface area contributed by atoms with Crippen molar-refractivity contribution in [2.45, 2.75) is 44.7 Å². The van der Waals surface area contributed by atoms with Crippen LogP contribution in [-0.2, 0) is 23.2 Å². The minimum atomic E-state index is -0.816. The monoisotopic (exact) mass is 429 g/mol. The van der Waals surface area contributed by atoms with E-state index in [1.807, 2.05) is 59.5 Å². The lowest BCUT2D eigenvalue weighted by molar-refractivity contribution is -0.144. The van der Waals surface area contributed by atoms with Gasteiger partial charge in [0.05, 0.1) is 6.61 Å². The van der Waals surface area contributed by atoms with Gasteiger partial charge in [0, 0.05) is 13.1 Å². The fraction of sp³-hybridized carbons (Fsp3) is 0.321. The Morgan fingerprint density at radius 2 is 1.72 bits per heavy atom. The first-order valence-corrected chi connectivity index (χ1v) is 11.3. The van der Waals surface area contributed by atoms with Crippen LogP contribution in [0.15, 0.2) is 78.9 Å². The molecule has 0 spiro atoms. The van der Waals surface area contributed by atoms with Crippen molar-refractivity contribution in [2.75, 3.05) is 13.2 Å². The van der Waals surface area contributed by atoms with E-state index in [1.54, 1.807) is 0 Å². The first-order chi connectivity index (χ1) is 15.4. The zero-order valence-corrected chi connectivity index (χ0v) is 18.8. The van der Waals surface area contributed by atoms with E-state index in [0.29, 0.717) is 13.2 Å². The molecule has 3 aromatic carbocycles. The van der Waals surface area contributed by atoms with Gasteiger partial charge in [-0.25, -0.2) is 0 Å². The van der Waals surface area contributed by atoms with Gasteiger partial charge in [-0.3, -0.25) is 9.69 Å². The van der Waals surface area contributed by atoms with Crippen molar-refractivity contribution in [1.82, 2.24) is 4.90 Å². The predicted molar refractivity (Wildman–Crippen MR) is 127 cm³/mol. The highest BCUT2D eigenvalue weighted by molar-refractivity contribution is 5.77. The van der Waals surface area contributed by atoms with E-state index in [9.17, 15) is 9.90 Å². The van der Waals surface area contributed by atoms with Crippen molar-refractivity contribution in [3.05, 3.63) is 101 Å². The lowest BCUT2D eigenvalue weighted by atomic mass is 9.82. The van der Waals surface area contributed by atoms with Crippen molar-refractivity contribution >= 4 is 5.97 Å². The molecule has 0 saturated heterocycles. The van der Waals surface area contributed by atoms with E-state index in [1.165, 1.54) is 5.56 Å². The molecule has 1 aliphatic heterocycles. The second-order valence-electron chi connectivity index (χ2n) is 9.16. The highest BCUT2D eigenvalue weighted by atomic mass is 16.5. The summed E-state index contributed by atoms with van der Waals surface area (Å²) in [6.07, 6.45) is 1.71. The lowest BCUT2D eigenvalue weighted by Crippen LogP contribution is -2.39. The fourth-order valence-electron chi connectivity index (χ4n) is 4.47. The van der Waals surface area contributed by atoms with E-state index >= 15 is 0 Å². The van der Waals surface area contributed by atoms with Crippen LogP contribution in [-0.4, -0.2) is 29.1 Å². The smallest absolute Gasteiger partial charge is 0.325 e. The molecule has 4 rings (SSSR count). The van der Waals surface area contributed by atoms with Gasteiger partial charge in [0.1, 0.15) is 11.8 Å². The number of carbonyl (C=O) groups is 1. The quantitative estimate of drug-likeness (QED) is 0.505. The average molecular weight is 430 g/mol. The number of rotatable bonds is 8. The summed E-state index contributed by atoms with van der Waals surface area (Å²) in [6.45, 7) is 6.37. The topological polar surface area (TPSA) is 49.8 Å². The minimum Gasteiger partial charge on any atom is -0.494 e. The second kappa shape index (κ2) is 9.58. The molecule has 4 heteroatoms. The zero-order valence-electron chi connectivity index (χ0n) is 18.8. The number of aliphatic carboxylic acids is 1. The third-order valence-corrected chi connectivity index (χ3v) is 6.46. The molecule has 0 amide bonds. The average Bonchev–Trinajstić information content (AvgIpc) is 2.80. The molecule has 1 atom stereocenters. The summed E-state index contributed by atoms with van der Waals surface area (Å²) in [4.78, 5) is 14.3. The summed E-state index contributed by atoms with van der Waals surface area (Å²) in [6, 6.07) is 25.8. The Labute approximate surface area is 190 Å². The second-order valence-corrected chi connectivity index (χ2v) is 9.16. The number of fused-ring (bicyclic) bond motifs is 1. The number of carboxylic acids is 1. The standard InChI is InChI=1S/C28H31NO3/c1-28(2,23-11-7-4-8-12-23)16-18-32-24-14-13-22-15-17-29(20-21-9-5-3-6-10-21)26(27(30)31)25(22)19-24/h3-14,19,26H,15-18,20H2,1-2H3,(H,30,31). The number of hydrogen-bond acceptors (Lipinski definition) is 3. The van der Waals surface area contributed by atoms with E-state index in [0.717, 1.165) is 41.8 Å². The van der Waals surface area contributed by atoms with Gasteiger partial charge in [-0.05, 0) is 52.6 Å². The van der Waals surface area contributed by atoms with Crippen LogP contribution < -0.4 is 4.74 Å². The molecule has 32 heavy (non-hydrogen) atoms. The summed E-state index contributed by atoms with van der Waals surface area (Å²) in [5.74, 6) is -0.0790. The first kappa shape index (κ1) is 22.1. The number of hydrogen-bond donors (Lipinski definition) is 1. The predicted octanol–water partition coefficient (Wildman–Crippen LogP) is 5.62. The van der Waals surface area contributed by atoms with Crippen molar-refractivity contribution in [3.8, 4) is 5.75 Å². The highest BCUT2D eigenvalue weighted by Gasteiger charge is 2.33. The number of carboxylic acid groups (broad SMARTS) is 1. The largest absolute Gasteiger partial charge is 0.494 e. The van der Waals surface area contributed by atoms with Gasteiger partial charge >= 0.3 is 5.97 Å². The SMILES string of the molecule is CC(C)(CCOc1ccc2c(c1)C(C(=O)O)N(Cc1ccccc1)CC2)c1ccccc1. The van der Waals surface area contributed by atoms with Gasteiger partial charge in [-0.15, -0.1) is 0 Å². The van der Waals surface area contributed by atoms with Crippen LogP contribution in [0.2, 0.25) is 0 Å². The van der Waals surface area contributed by atoms with Crippen molar-refractivity contribution in [3.63, 3.8) is 0 Å². The van der Waals surface area contributed by atoms with Gasteiger partial charge in [0.2, 0.25) is 0 Å². The van der Waals surface area contributed by atoms with Gasteiger partial charge < -0.3 is 9.84 Å². The molecule has 166 valence electrons. The summed E-state index contributed by atoms with van der Waals surface area (Å²) in [5.41, 5.74) is 4.36. The van der Waals surface area contributed by atoms with Crippen molar-refractivity contribution in [1.29, 1.82) is 0 Å². The Morgan fingerprint density at radius 1 is 1.03 bits per heavy atom. The van der Waals surface area contributed by atoms with Crippen LogP contribution in [0.25, 0.3) is 0 Å². The molecule has 0 radical (unpaired) electrons. The van der Waals surface area contributed by atoms with Crippen molar-refractivity contribution in [2.24, 2.45) is 0 Å². The third kappa shape index (κ3) is 5.03. The summed E-state index contributed by atoms with van der Waals surface area (Å²) in [5, 5.41) is 10.1. The molecule has 4 nitrogen and oxygen atoms in total. The maximum atomic E-state index is 12.2. The molecule has 1 heterocycles. The molecule has 1 N–H and O–H groups in total. The summed E-state index contributed by atoms with van der Waals surface area (Å²) < 4.78 is 6.10. The van der Waals surface area contributed by atoms with E-state index in [-0.39, 0.29) is 5.41 Å². The molecular weight excluding hydrogens is 398 g/mol. The maximum absolute atomic E-state index is 12.2. The molecule has 0 fully saturated rings. The van der Waals surface area contributed by atoms with Gasteiger partial charge in [0.15, 0.2) is 0 Å². The minimum absolute atomic E-state index is 0.00551. The Morgan fingerprint density at radius 3 is 2.41 bits per heavy atom. The molecule has 0 aliphatic carbocycles. The van der Waals surface area contributed by atoms with E-state index in [4.69, 9.17) is 4.74 Å². The molecule has 0 bridgehead atoms. The zero-order chi connectivity index (χ0) is 22.6. The Hall–Kier alpha value is -3.11. The highest BCUT2D eigenvalue weighted by Crippen LogP contribution is 2.34. The van der Waals surface area contributed by atoms with Crippen LogP contribution >= 0.6 is 0 Å². The van der Waals surface area contributed by atoms with Crippen LogP contribution in [0.5, 0.6) is 5.75 Å². The summed E-state index contributed by atoms with van der Waals surface area (Å²) in [7, 11) is 0. The number of benzene rings is 3. The molecule has 1 aliphatic rings. The normalized spacial score (nSPS) is 16.4. The van der Waals surface area contributed by atoms with Crippen LogP contribution in [0.1, 0.15) is 48.6 Å². The van der Waals surface area contributed by atoms with Gasteiger partial charge in [0.25, 0.3) is 0 Å². The Bertz CT molecular complexity index is 1050. The number of ether oxygens (including phenoxy) is 1. The lowest BCUT2D eigenvalue weighted by Gasteiger charge is -2.35. The number of nitrogens with zero attached hydrogens (tertiary/aromatic N) is 1. The van der Waals surface area contributed by atoms with E-state index in [2.05, 4.69) is 38.1 Å². The molecule has 1 unspecified atom stereocenters. The van der Waals surface area contributed by atoms with Gasteiger partial charge in [-0.2, -0.15) is 0 Å². The van der Waals surface area contributed by atoms with Gasteiger partial charge in [-0.1, -0.05) is 80.6 Å². The van der Waals surface area contributed by atoms with Crippen LogP contribution in [0, 0.1) is 0 Å². The van der Waals surface area contributed by atoms with Crippen LogP contribution in [0.3, 0.4) is 0 Å². The van der Waals surface area contributed by atoms with Crippen LogP contribution in [0.4, 0.5) is 0 Å². The molecule has 0 aromatic heterocycles. The third-order valence-electron chi connectivity index (χ3n) is 6.46. The molecule has 3 aromatic rings. The summed E-state index contributed by atoms with van der Waals surface area (Å²) >= 11 is 0. The van der Waals surface area contributed by atoms with Crippen molar-refractivity contribution < 1.29 is 14.6 Å². The van der Waals surface area contributed by atoms with E-state index < -0.39 is 12.0 Å². The maximum Gasteiger partial charge on any atom is 0.325 e. The fourth-order valence-corrected chi connectivity index (χ4v) is 4.47. The first-order valence-electron chi connectivity index (χ1n) is 11.3. The molecule has 0 saturated carbocycles.